The van der Waals surface area contributed by atoms with E-state index in [-0.39, 0.29) is 24.7 Å². The first-order valence-electron chi connectivity index (χ1n) is 7.51. The van der Waals surface area contributed by atoms with Crippen molar-refractivity contribution in [2.24, 2.45) is 5.10 Å². The molecule has 124 valence electrons. The molecule has 0 aromatic heterocycles. The van der Waals surface area contributed by atoms with Gasteiger partial charge in [-0.15, -0.1) is 0 Å². The summed E-state index contributed by atoms with van der Waals surface area (Å²) >= 11 is 3.35. The van der Waals surface area contributed by atoms with Gasteiger partial charge in [0.15, 0.2) is 0 Å². The Bertz CT molecular complexity index is 700. The maximum atomic E-state index is 11.7. The monoisotopic (exact) mass is 387 g/mol. The molecular weight excluding hydrogens is 370 g/mol. The fraction of sp³-hybridized carbons (Fsp3) is 0.167. The number of hydrazone groups is 1. The summed E-state index contributed by atoms with van der Waals surface area (Å²) in [5.74, 6) is -0.455. The normalized spacial score (nSPS) is 10.5. The van der Waals surface area contributed by atoms with Gasteiger partial charge in [0.05, 0.1) is 6.21 Å². The van der Waals surface area contributed by atoms with Crippen LogP contribution in [0.25, 0.3) is 0 Å². The quantitative estimate of drug-likeness (QED) is 0.566. The fourth-order valence-electron chi connectivity index (χ4n) is 1.90. The molecule has 0 saturated carbocycles. The van der Waals surface area contributed by atoms with Crippen LogP contribution in [0.5, 0.6) is 0 Å². The van der Waals surface area contributed by atoms with Crippen LogP contribution in [0.1, 0.15) is 24.0 Å². The van der Waals surface area contributed by atoms with E-state index in [4.69, 9.17) is 0 Å². The molecule has 0 radical (unpaired) electrons. The molecule has 0 saturated heterocycles. The van der Waals surface area contributed by atoms with E-state index >= 15 is 0 Å². The Hall–Kier alpha value is -2.47. The van der Waals surface area contributed by atoms with Gasteiger partial charge in [0.1, 0.15) is 0 Å². The Balaban J connectivity index is 1.65. The van der Waals surface area contributed by atoms with Crippen LogP contribution in [0.15, 0.2) is 64.2 Å². The van der Waals surface area contributed by atoms with Crippen LogP contribution in [0.4, 0.5) is 0 Å². The molecule has 2 aromatic carbocycles. The number of carbonyl (C=O) groups excluding carboxylic acids is 2. The minimum Gasteiger partial charge on any atom is -0.352 e. The molecule has 2 amide bonds. The largest absolute Gasteiger partial charge is 0.352 e. The van der Waals surface area contributed by atoms with E-state index in [1.54, 1.807) is 6.21 Å². The number of hydrogen-bond acceptors (Lipinski definition) is 3. The predicted octanol–water partition coefficient (Wildman–Crippen LogP) is 3.00. The highest BCUT2D eigenvalue weighted by molar-refractivity contribution is 9.10. The van der Waals surface area contributed by atoms with E-state index in [0.29, 0.717) is 6.54 Å². The maximum Gasteiger partial charge on any atom is 0.240 e. The third-order valence-corrected chi connectivity index (χ3v) is 3.71. The zero-order valence-corrected chi connectivity index (χ0v) is 14.6. The topological polar surface area (TPSA) is 70.6 Å². The Kier molecular flexibility index (Phi) is 7.17. The van der Waals surface area contributed by atoms with Gasteiger partial charge >= 0.3 is 0 Å². The summed E-state index contributed by atoms with van der Waals surface area (Å²) in [7, 11) is 0. The summed E-state index contributed by atoms with van der Waals surface area (Å²) in [4.78, 5) is 23.4. The van der Waals surface area contributed by atoms with E-state index in [1.165, 1.54) is 0 Å². The molecule has 0 fully saturated rings. The lowest BCUT2D eigenvalue weighted by molar-refractivity contribution is -0.126. The van der Waals surface area contributed by atoms with Crippen molar-refractivity contribution in [2.75, 3.05) is 0 Å². The smallest absolute Gasteiger partial charge is 0.240 e. The average Bonchev–Trinajstić information content (AvgIpc) is 2.61. The van der Waals surface area contributed by atoms with Gasteiger partial charge in [-0.3, -0.25) is 9.59 Å². The highest BCUT2D eigenvalue weighted by Crippen LogP contribution is 2.08. The van der Waals surface area contributed by atoms with E-state index < -0.39 is 0 Å². The van der Waals surface area contributed by atoms with Crippen LogP contribution < -0.4 is 10.7 Å². The summed E-state index contributed by atoms with van der Waals surface area (Å²) in [6.07, 6.45) is 1.78. The second kappa shape index (κ2) is 9.62. The minimum absolute atomic E-state index is 0.0955. The molecule has 0 bridgehead atoms. The first-order valence-corrected chi connectivity index (χ1v) is 8.31. The molecule has 6 heteroatoms. The van der Waals surface area contributed by atoms with Gasteiger partial charge in [0, 0.05) is 23.9 Å². The average molecular weight is 388 g/mol. The van der Waals surface area contributed by atoms with Crippen molar-refractivity contribution in [2.45, 2.75) is 19.4 Å². The third-order valence-electron chi connectivity index (χ3n) is 3.18. The fourth-order valence-corrected chi connectivity index (χ4v) is 2.16. The van der Waals surface area contributed by atoms with E-state index in [1.807, 2.05) is 54.6 Å². The van der Waals surface area contributed by atoms with Gasteiger partial charge in [-0.25, -0.2) is 5.43 Å². The van der Waals surface area contributed by atoms with Gasteiger partial charge in [-0.1, -0.05) is 58.4 Å². The SMILES string of the molecule is O=C(CCC(=O)NN=Cc1ccc(Br)cc1)NCc1ccccc1. The predicted molar refractivity (Wildman–Crippen MR) is 97.4 cm³/mol. The van der Waals surface area contributed by atoms with Gasteiger partial charge in [-0.05, 0) is 23.3 Å². The first kappa shape index (κ1) is 17.9. The lowest BCUT2D eigenvalue weighted by Gasteiger charge is -2.04. The van der Waals surface area contributed by atoms with Crippen molar-refractivity contribution in [3.05, 3.63) is 70.2 Å². The zero-order valence-electron chi connectivity index (χ0n) is 13.0. The maximum absolute atomic E-state index is 11.7. The number of hydrogen-bond donors (Lipinski definition) is 2. The third kappa shape index (κ3) is 6.75. The molecule has 24 heavy (non-hydrogen) atoms. The number of rotatable bonds is 7. The standard InChI is InChI=1S/C18H18BrN3O2/c19-16-8-6-15(7-9-16)13-21-22-18(24)11-10-17(23)20-12-14-4-2-1-3-5-14/h1-9,13H,10-12H2,(H,20,23)(H,22,24). The van der Waals surface area contributed by atoms with Crippen molar-refractivity contribution < 1.29 is 9.59 Å². The summed E-state index contributed by atoms with van der Waals surface area (Å²) < 4.78 is 0.977. The summed E-state index contributed by atoms with van der Waals surface area (Å²) in [5.41, 5.74) is 4.31. The highest BCUT2D eigenvalue weighted by atomic mass is 79.9. The molecular formula is C18H18BrN3O2. The molecule has 0 heterocycles. The molecule has 2 rings (SSSR count). The Labute approximate surface area is 149 Å². The van der Waals surface area contributed by atoms with Crippen molar-refractivity contribution in [3.63, 3.8) is 0 Å². The number of carbonyl (C=O) groups is 2. The van der Waals surface area contributed by atoms with Crippen molar-refractivity contribution in [3.8, 4) is 0 Å². The van der Waals surface area contributed by atoms with Crippen LogP contribution in [0.2, 0.25) is 0 Å². The number of amides is 2. The lowest BCUT2D eigenvalue weighted by atomic mass is 10.2. The molecule has 0 unspecified atom stereocenters. The van der Waals surface area contributed by atoms with E-state index in [0.717, 1.165) is 15.6 Å². The van der Waals surface area contributed by atoms with Crippen molar-refractivity contribution in [1.82, 2.24) is 10.7 Å². The van der Waals surface area contributed by atoms with Gasteiger partial charge in [0.25, 0.3) is 0 Å². The second-order valence-corrected chi connectivity index (χ2v) is 6.02. The van der Waals surface area contributed by atoms with Crippen LogP contribution >= 0.6 is 15.9 Å². The molecule has 0 aliphatic carbocycles. The van der Waals surface area contributed by atoms with Crippen LogP contribution in [0.3, 0.4) is 0 Å². The van der Waals surface area contributed by atoms with Crippen LogP contribution in [-0.4, -0.2) is 18.0 Å². The minimum atomic E-state index is -0.293. The Morgan fingerprint density at radius 3 is 2.33 bits per heavy atom. The zero-order chi connectivity index (χ0) is 17.2. The van der Waals surface area contributed by atoms with E-state index in [2.05, 4.69) is 31.8 Å². The molecule has 2 N–H and O–H groups in total. The molecule has 5 nitrogen and oxygen atoms in total. The Morgan fingerprint density at radius 1 is 0.958 bits per heavy atom. The molecule has 2 aromatic rings. The number of benzene rings is 2. The summed E-state index contributed by atoms with van der Waals surface area (Å²) in [6, 6.07) is 17.1. The van der Waals surface area contributed by atoms with Gasteiger partial charge in [-0.2, -0.15) is 5.10 Å². The molecule has 0 atom stereocenters. The molecule has 0 aliphatic heterocycles. The number of nitrogens with one attached hydrogen (secondary N) is 2. The summed E-state index contributed by atoms with van der Waals surface area (Å²) in [5, 5.41) is 6.65. The molecule has 0 aliphatic rings. The number of nitrogens with zero attached hydrogens (tertiary/aromatic N) is 1. The summed E-state index contributed by atoms with van der Waals surface area (Å²) in [6.45, 7) is 0.461. The lowest BCUT2D eigenvalue weighted by Crippen LogP contribution is -2.25. The second-order valence-electron chi connectivity index (χ2n) is 5.11. The first-order chi connectivity index (χ1) is 11.6. The van der Waals surface area contributed by atoms with Crippen LogP contribution in [-0.2, 0) is 16.1 Å². The number of halogens is 1. The van der Waals surface area contributed by atoms with Gasteiger partial charge < -0.3 is 5.32 Å². The molecule has 0 spiro atoms. The van der Waals surface area contributed by atoms with Gasteiger partial charge in [0.2, 0.25) is 11.8 Å². The van der Waals surface area contributed by atoms with Crippen molar-refractivity contribution in [1.29, 1.82) is 0 Å². The van der Waals surface area contributed by atoms with Crippen LogP contribution in [0, 0.1) is 0 Å². The highest BCUT2D eigenvalue weighted by Gasteiger charge is 2.05. The van der Waals surface area contributed by atoms with E-state index in [9.17, 15) is 9.59 Å². The van der Waals surface area contributed by atoms with Crippen molar-refractivity contribution >= 4 is 34.0 Å². The Morgan fingerprint density at radius 2 is 1.62 bits per heavy atom.